The van der Waals surface area contributed by atoms with E-state index in [1.807, 2.05) is 19.9 Å². The third kappa shape index (κ3) is 4.56. The average Bonchev–Trinajstić information content (AvgIpc) is 2.37. The summed E-state index contributed by atoms with van der Waals surface area (Å²) < 4.78 is 5.40. The molecular weight excluding hydrogens is 240 g/mol. The Morgan fingerprint density at radius 2 is 2.11 bits per heavy atom. The second-order valence-electron chi connectivity index (χ2n) is 5.05. The molecule has 0 radical (unpaired) electrons. The van der Waals surface area contributed by atoms with Gasteiger partial charge in [0.05, 0.1) is 12.6 Å². The molecule has 0 saturated heterocycles. The van der Waals surface area contributed by atoms with Gasteiger partial charge in [0.1, 0.15) is 0 Å². The Kier molecular flexibility index (Phi) is 5.83. The minimum Gasteiger partial charge on any atom is -0.398 e. The molecule has 1 rings (SSSR count). The van der Waals surface area contributed by atoms with Crippen LogP contribution in [0.25, 0.3) is 0 Å². The van der Waals surface area contributed by atoms with E-state index in [4.69, 9.17) is 10.5 Å². The highest BCUT2D eigenvalue weighted by atomic mass is 16.5. The molecule has 0 aromatic heterocycles. The molecule has 0 spiro atoms. The molecule has 0 fully saturated rings. The van der Waals surface area contributed by atoms with Crippen LogP contribution in [0.2, 0.25) is 0 Å². The highest BCUT2D eigenvalue weighted by Gasteiger charge is 2.17. The van der Waals surface area contributed by atoms with E-state index < -0.39 is 0 Å². The zero-order valence-electron chi connectivity index (χ0n) is 12.2. The number of carbonyl (C=O) groups is 1. The summed E-state index contributed by atoms with van der Waals surface area (Å²) in [5, 5.41) is 2.99. The summed E-state index contributed by atoms with van der Waals surface area (Å²) in [4.78, 5) is 12.2. The van der Waals surface area contributed by atoms with Gasteiger partial charge in [-0.2, -0.15) is 0 Å². The first-order chi connectivity index (χ1) is 8.95. The first-order valence-electron chi connectivity index (χ1n) is 6.70. The fourth-order valence-corrected chi connectivity index (χ4v) is 1.68. The number of ether oxygens (including phenoxy) is 1. The second kappa shape index (κ2) is 7.14. The number of aryl methyl sites for hydroxylation is 1. The van der Waals surface area contributed by atoms with E-state index in [-0.39, 0.29) is 11.9 Å². The Bertz CT molecular complexity index is 430. The van der Waals surface area contributed by atoms with E-state index >= 15 is 0 Å². The lowest BCUT2D eigenvalue weighted by atomic mass is 10.0. The van der Waals surface area contributed by atoms with Gasteiger partial charge in [0.15, 0.2) is 0 Å². The average molecular weight is 264 g/mol. The van der Waals surface area contributed by atoms with Crippen molar-refractivity contribution in [3.8, 4) is 0 Å². The largest absolute Gasteiger partial charge is 0.398 e. The number of nitrogen functional groups attached to an aromatic ring is 1. The molecule has 1 unspecified atom stereocenters. The van der Waals surface area contributed by atoms with Crippen LogP contribution in [0.1, 0.15) is 36.7 Å². The van der Waals surface area contributed by atoms with Gasteiger partial charge in [-0.1, -0.05) is 19.9 Å². The van der Waals surface area contributed by atoms with Crippen LogP contribution in [-0.2, 0) is 4.74 Å². The smallest absolute Gasteiger partial charge is 0.251 e. The molecule has 1 atom stereocenters. The highest BCUT2D eigenvalue weighted by Crippen LogP contribution is 2.13. The number of anilines is 1. The van der Waals surface area contributed by atoms with Gasteiger partial charge in [-0.3, -0.25) is 4.79 Å². The summed E-state index contributed by atoms with van der Waals surface area (Å²) in [6.07, 6.45) is 0. The molecule has 1 aromatic carbocycles. The third-order valence-electron chi connectivity index (χ3n) is 3.16. The molecule has 4 nitrogen and oxygen atoms in total. The molecule has 1 amide bonds. The monoisotopic (exact) mass is 264 g/mol. The van der Waals surface area contributed by atoms with Crippen molar-refractivity contribution in [1.29, 1.82) is 0 Å². The van der Waals surface area contributed by atoms with Crippen molar-refractivity contribution in [2.24, 2.45) is 5.92 Å². The molecule has 0 heterocycles. The van der Waals surface area contributed by atoms with E-state index in [1.165, 1.54) is 0 Å². The molecule has 106 valence electrons. The Balaban J connectivity index is 2.73. The van der Waals surface area contributed by atoms with Crippen molar-refractivity contribution in [1.82, 2.24) is 5.32 Å². The number of rotatable bonds is 6. The van der Waals surface area contributed by atoms with Gasteiger partial charge in [-0.25, -0.2) is 0 Å². The fourth-order valence-electron chi connectivity index (χ4n) is 1.68. The molecule has 1 aromatic rings. The van der Waals surface area contributed by atoms with Gasteiger partial charge in [-0.15, -0.1) is 0 Å². The lowest BCUT2D eigenvalue weighted by Crippen LogP contribution is -2.41. The van der Waals surface area contributed by atoms with Crippen LogP contribution >= 0.6 is 0 Å². The molecule has 4 heteroatoms. The highest BCUT2D eigenvalue weighted by molar-refractivity contribution is 5.95. The van der Waals surface area contributed by atoms with Crippen LogP contribution in [0.15, 0.2) is 18.2 Å². The maximum Gasteiger partial charge on any atom is 0.251 e. The zero-order valence-corrected chi connectivity index (χ0v) is 12.2. The predicted octanol–water partition coefficient (Wildman–Crippen LogP) is 2.37. The number of carbonyl (C=O) groups excluding carboxylic acids is 1. The van der Waals surface area contributed by atoms with Crippen molar-refractivity contribution in [3.05, 3.63) is 29.3 Å². The van der Waals surface area contributed by atoms with Gasteiger partial charge in [0, 0.05) is 17.9 Å². The number of nitrogens with one attached hydrogen (secondary N) is 1. The van der Waals surface area contributed by atoms with Crippen LogP contribution in [-0.4, -0.2) is 25.2 Å². The van der Waals surface area contributed by atoms with Crippen LogP contribution in [0.5, 0.6) is 0 Å². The molecule has 0 aliphatic carbocycles. The Morgan fingerprint density at radius 1 is 1.42 bits per heavy atom. The van der Waals surface area contributed by atoms with Gasteiger partial charge in [-0.05, 0) is 37.5 Å². The van der Waals surface area contributed by atoms with Gasteiger partial charge >= 0.3 is 0 Å². The standard InChI is InChI=1S/C15H24N2O2/c1-5-19-9-14(10(2)3)17-15(18)12-7-6-11(4)13(16)8-12/h6-8,10,14H,5,9,16H2,1-4H3,(H,17,18). The van der Waals surface area contributed by atoms with Crippen molar-refractivity contribution in [2.75, 3.05) is 18.9 Å². The summed E-state index contributed by atoms with van der Waals surface area (Å²) in [6.45, 7) is 9.17. The Morgan fingerprint density at radius 3 is 2.63 bits per heavy atom. The van der Waals surface area contributed by atoms with Crippen molar-refractivity contribution in [2.45, 2.75) is 33.7 Å². The molecule has 0 aliphatic rings. The van der Waals surface area contributed by atoms with Crippen molar-refractivity contribution < 1.29 is 9.53 Å². The lowest BCUT2D eigenvalue weighted by Gasteiger charge is -2.22. The number of hydrogen-bond acceptors (Lipinski definition) is 3. The van der Waals surface area contributed by atoms with E-state index in [1.54, 1.807) is 12.1 Å². The summed E-state index contributed by atoms with van der Waals surface area (Å²) >= 11 is 0. The molecule has 0 saturated carbocycles. The van der Waals surface area contributed by atoms with E-state index in [2.05, 4.69) is 19.2 Å². The number of hydrogen-bond donors (Lipinski definition) is 2. The second-order valence-corrected chi connectivity index (χ2v) is 5.05. The zero-order chi connectivity index (χ0) is 14.4. The number of amides is 1. The molecule has 3 N–H and O–H groups in total. The lowest BCUT2D eigenvalue weighted by molar-refractivity contribution is 0.0806. The third-order valence-corrected chi connectivity index (χ3v) is 3.16. The Labute approximate surface area is 115 Å². The van der Waals surface area contributed by atoms with Gasteiger partial charge in [0.25, 0.3) is 5.91 Å². The van der Waals surface area contributed by atoms with E-state index in [0.717, 1.165) is 5.56 Å². The van der Waals surface area contributed by atoms with Crippen LogP contribution in [0.3, 0.4) is 0 Å². The normalized spacial score (nSPS) is 12.5. The molecule has 0 bridgehead atoms. The molecule has 0 aliphatic heterocycles. The SMILES string of the molecule is CCOCC(NC(=O)c1ccc(C)c(N)c1)C(C)C. The first-order valence-corrected chi connectivity index (χ1v) is 6.70. The maximum absolute atomic E-state index is 12.2. The van der Waals surface area contributed by atoms with Crippen molar-refractivity contribution >= 4 is 11.6 Å². The van der Waals surface area contributed by atoms with E-state index in [0.29, 0.717) is 30.4 Å². The Hall–Kier alpha value is -1.55. The molecule has 19 heavy (non-hydrogen) atoms. The minimum absolute atomic E-state index is 0.00924. The topological polar surface area (TPSA) is 64.3 Å². The van der Waals surface area contributed by atoms with Crippen LogP contribution < -0.4 is 11.1 Å². The minimum atomic E-state index is -0.106. The van der Waals surface area contributed by atoms with Gasteiger partial charge in [0.2, 0.25) is 0 Å². The maximum atomic E-state index is 12.2. The van der Waals surface area contributed by atoms with Crippen LogP contribution in [0.4, 0.5) is 5.69 Å². The molecular formula is C15H24N2O2. The summed E-state index contributed by atoms with van der Waals surface area (Å²) in [5.41, 5.74) is 8.03. The fraction of sp³-hybridized carbons (Fsp3) is 0.533. The quantitative estimate of drug-likeness (QED) is 0.775. The first kappa shape index (κ1) is 15.5. The summed E-state index contributed by atoms with van der Waals surface area (Å²) in [6, 6.07) is 5.37. The summed E-state index contributed by atoms with van der Waals surface area (Å²) in [5.74, 6) is 0.211. The summed E-state index contributed by atoms with van der Waals surface area (Å²) in [7, 11) is 0. The number of benzene rings is 1. The number of nitrogens with two attached hydrogens (primary N) is 1. The van der Waals surface area contributed by atoms with Crippen molar-refractivity contribution in [3.63, 3.8) is 0 Å². The van der Waals surface area contributed by atoms with E-state index in [9.17, 15) is 4.79 Å². The van der Waals surface area contributed by atoms with Gasteiger partial charge < -0.3 is 15.8 Å². The predicted molar refractivity (Wildman–Crippen MR) is 78.2 cm³/mol. The van der Waals surface area contributed by atoms with Crippen LogP contribution in [0, 0.1) is 12.8 Å².